The summed E-state index contributed by atoms with van der Waals surface area (Å²) in [5.74, 6) is 0.874. The lowest BCUT2D eigenvalue weighted by Gasteiger charge is -2.39. The summed E-state index contributed by atoms with van der Waals surface area (Å²) in [5, 5.41) is 5.78. The maximum absolute atomic E-state index is 14.0. The molecular formula is C36H41N5O5S. The second-order valence-corrected chi connectivity index (χ2v) is 13.0. The summed E-state index contributed by atoms with van der Waals surface area (Å²) in [7, 11) is -4.05. The van der Waals surface area contributed by atoms with Gasteiger partial charge in [0.05, 0.1) is 4.90 Å². The average molecular weight is 656 g/mol. The van der Waals surface area contributed by atoms with Crippen LogP contribution in [0.5, 0.6) is 11.5 Å². The standard InChI is InChI=1S/C36H41N5O5S/c1-3-39(4-2)24-23-37-35(42)34-27-40(36(43)38-30-17-19-32(20-18-30)46-31-13-9-6-10-14-31)25-26-41(34)47(44,45)33-21-15-29(16-22-33)28-11-7-5-8-12-28/h5-22,34H,3-4,23-27H2,1-2H3,(H,37,42)(H,38,43). The van der Waals surface area contributed by atoms with Crippen molar-refractivity contribution in [3.05, 3.63) is 109 Å². The van der Waals surface area contributed by atoms with Gasteiger partial charge in [-0.2, -0.15) is 4.31 Å². The summed E-state index contributed by atoms with van der Waals surface area (Å²) in [6.45, 7) is 6.74. The molecule has 47 heavy (non-hydrogen) atoms. The highest BCUT2D eigenvalue weighted by atomic mass is 32.2. The fraction of sp³-hybridized carbons (Fsp3) is 0.278. The zero-order valence-corrected chi connectivity index (χ0v) is 27.5. The summed E-state index contributed by atoms with van der Waals surface area (Å²) >= 11 is 0. The number of amides is 3. The van der Waals surface area contributed by atoms with Crippen LogP contribution in [0.4, 0.5) is 10.5 Å². The number of nitrogens with zero attached hydrogens (tertiary/aromatic N) is 3. The molecule has 4 aromatic carbocycles. The van der Waals surface area contributed by atoms with E-state index in [-0.39, 0.29) is 24.5 Å². The van der Waals surface area contributed by atoms with E-state index in [1.807, 2.05) is 74.5 Å². The molecule has 5 rings (SSSR count). The first-order valence-electron chi connectivity index (χ1n) is 15.8. The number of carbonyl (C=O) groups is 2. The molecule has 1 aliphatic rings. The average Bonchev–Trinajstić information content (AvgIpc) is 3.11. The molecule has 0 spiro atoms. The first-order valence-corrected chi connectivity index (χ1v) is 17.3. The highest BCUT2D eigenvalue weighted by Gasteiger charge is 2.41. The minimum atomic E-state index is -4.05. The molecule has 1 atom stereocenters. The minimum Gasteiger partial charge on any atom is -0.457 e. The fourth-order valence-corrected chi connectivity index (χ4v) is 7.04. The maximum Gasteiger partial charge on any atom is 0.321 e. The lowest BCUT2D eigenvalue weighted by atomic mass is 10.1. The van der Waals surface area contributed by atoms with Crippen LogP contribution in [0.2, 0.25) is 0 Å². The Morgan fingerprint density at radius 2 is 1.38 bits per heavy atom. The molecule has 10 nitrogen and oxygen atoms in total. The van der Waals surface area contributed by atoms with Gasteiger partial charge in [-0.15, -0.1) is 0 Å². The number of urea groups is 1. The van der Waals surface area contributed by atoms with Gasteiger partial charge in [-0.1, -0.05) is 74.5 Å². The predicted octanol–water partition coefficient (Wildman–Crippen LogP) is 5.51. The molecule has 0 radical (unpaired) electrons. The molecule has 0 bridgehead atoms. The van der Waals surface area contributed by atoms with E-state index in [1.165, 1.54) is 9.21 Å². The number of hydrogen-bond donors (Lipinski definition) is 2. The zero-order chi connectivity index (χ0) is 33.2. The van der Waals surface area contributed by atoms with Gasteiger partial charge < -0.3 is 25.2 Å². The Kier molecular flexibility index (Phi) is 11.3. The van der Waals surface area contributed by atoms with Gasteiger partial charge in [-0.05, 0) is 72.7 Å². The Labute approximate surface area is 277 Å². The maximum atomic E-state index is 14.0. The topological polar surface area (TPSA) is 111 Å². The van der Waals surface area contributed by atoms with E-state index < -0.39 is 28.0 Å². The SMILES string of the molecule is CCN(CC)CCNC(=O)C1CN(C(=O)Nc2ccc(Oc3ccccc3)cc2)CCN1S(=O)(=O)c1ccc(-c2ccccc2)cc1. The van der Waals surface area contributed by atoms with Crippen LogP contribution in [0.1, 0.15) is 13.8 Å². The smallest absolute Gasteiger partial charge is 0.321 e. The third-order valence-corrected chi connectivity index (χ3v) is 10.1. The summed E-state index contributed by atoms with van der Waals surface area (Å²) < 4.78 is 35.0. The van der Waals surface area contributed by atoms with Crippen LogP contribution >= 0.6 is 0 Å². The van der Waals surface area contributed by atoms with Crippen LogP contribution < -0.4 is 15.4 Å². The molecule has 1 fully saturated rings. The van der Waals surface area contributed by atoms with Gasteiger partial charge in [-0.25, -0.2) is 13.2 Å². The lowest BCUT2D eigenvalue weighted by molar-refractivity contribution is -0.126. The van der Waals surface area contributed by atoms with Crippen molar-refractivity contribution in [1.82, 2.24) is 19.4 Å². The van der Waals surface area contributed by atoms with Crippen molar-refractivity contribution in [3.8, 4) is 22.6 Å². The number of piperazine rings is 1. The van der Waals surface area contributed by atoms with Gasteiger partial charge >= 0.3 is 6.03 Å². The molecule has 1 aliphatic heterocycles. The van der Waals surface area contributed by atoms with Crippen molar-refractivity contribution in [3.63, 3.8) is 0 Å². The number of anilines is 1. The highest BCUT2D eigenvalue weighted by Crippen LogP contribution is 2.27. The predicted molar refractivity (Wildman–Crippen MR) is 184 cm³/mol. The van der Waals surface area contributed by atoms with E-state index in [2.05, 4.69) is 15.5 Å². The quantitative estimate of drug-likeness (QED) is 0.208. The second-order valence-electron chi connectivity index (χ2n) is 11.2. The van der Waals surface area contributed by atoms with E-state index in [0.717, 1.165) is 24.2 Å². The molecule has 1 heterocycles. The molecule has 246 valence electrons. The van der Waals surface area contributed by atoms with Gasteiger partial charge in [0.15, 0.2) is 0 Å². The Morgan fingerprint density at radius 3 is 2.02 bits per heavy atom. The Morgan fingerprint density at radius 1 is 0.787 bits per heavy atom. The van der Waals surface area contributed by atoms with Crippen molar-refractivity contribution in [2.24, 2.45) is 0 Å². The number of rotatable bonds is 12. The van der Waals surface area contributed by atoms with E-state index in [9.17, 15) is 18.0 Å². The van der Waals surface area contributed by atoms with Crippen molar-refractivity contribution < 1.29 is 22.7 Å². The number of sulfonamides is 1. The molecule has 4 aromatic rings. The molecule has 11 heteroatoms. The van der Waals surface area contributed by atoms with Crippen molar-refractivity contribution >= 4 is 27.6 Å². The molecule has 1 unspecified atom stereocenters. The third kappa shape index (κ3) is 8.56. The number of likely N-dealkylation sites (N-methyl/N-ethyl adjacent to an activating group) is 1. The summed E-state index contributed by atoms with van der Waals surface area (Å²) in [6.07, 6.45) is 0. The van der Waals surface area contributed by atoms with E-state index in [4.69, 9.17) is 4.74 Å². The van der Waals surface area contributed by atoms with Crippen LogP contribution in [-0.2, 0) is 14.8 Å². The number of ether oxygens (including phenoxy) is 1. The summed E-state index contributed by atoms with van der Waals surface area (Å²) in [6, 6.07) is 31.2. The van der Waals surface area contributed by atoms with Gasteiger partial charge in [0.25, 0.3) is 0 Å². The zero-order valence-electron chi connectivity index (χ0n) is 26.7. The van der Waals surface area contributed by atoms with Gasteiger partial charge in [0, 0.05) is 38.4 Å². The molecule has 2 N–H and O–H groups in total. The highest BCUT2D eigenvalue weighted by molar-refractivity contribution is 7.89. The number of para-hydroxylation sites is 1. The van der Waals surface area contributed by atoms with Gasteiger partial charge in [0.1, 0.15) is 17.5 Å². The van der Waals surface area contributed by atoms with E-state index in [1.54, 1.807) is 48.5 Å². The largest absolute Gasteiger partial charge is 0.457 e. The Balaban J connectivity index is 1.30. The van der Waals surface area contributed by atoms with Crippen LogP contribution in [0.3, 0.4) is 0 Å². The lowest BCUT2D eigenvalue weighted by Crippen LogP contribution is -2.62. The first-order chi connectivity index (χ1) is 22.8. The van der Waals surface area contributed by atoms with Gasteiger partial charge in [-0.3, -0.25) is 4.79 Å². The first kappa shape index (κ1) is 33.6. The van der Waals surface area contributed by atoms with Crippen LogP contribution in [-0.4, -0.2) is 86.3 Å². The third-order valence-electron chi connectivity index (χ3n) is 8.20. The molecule has 0 aliphatic carbocycles. The second kappa shape index (κ2) is 15.7. The number of hydrogen-bond acceptors (Lipinski definition) is 6. The molecule has 1 saturated heterocycles. The molecule has 0 saturated carbocycles. The summed E-state index contributed by atoms with van der Waals surface area (Å²) in [4.78, 5) is 30.7. The minimum absolute atomic E-state index is 0.0336. The Bertz CT molecular complexity index is 1720. The van der Waals surface area contributed by atoms with Crippen LogP contribution in [0.15, 0.2) is 114 Å². The van der Waals surface area contributed by atoms with Crippen molar-refractivity contribution in [2.75, 3.05) is 51.1 Å². The normalized spacial score (nSPS) is 15.3. The van der Waals surface area contributed by atoms with Crippen LogP contribution in [0.25, 0.3) is 11.1 Å². The molecular weight excluding hydrogens is 614 g/mol. The number of carbonyl (C=O) groups excluding carboxylic acids is 2. The fourth-order valence-electron chi connectivity index (χ4n) is 5.47. The monoisotopic (exact) mass is 655 g/mol. The van der Waals surface area contributed by atoms with E-state index >= 15 is 0 Å². The summed E-state index contributed by atoms with van der Waals surface area (Å²) in [5.41, 5.74) is 2.40. The van der Waals surface area contributed by atoms with Crippen molar-refractivity contribution in [1.29, 1.82) is 0 Å². The number of benzene rings is 4. The van der Waals surface area contributed by atoms with Gasteiger partial charge in [0.2, 0.25) is 15.9 Å². The molecule has 3 amide bonds. The van der Waals surface area contributed by atoms with Crippen molar-refractivity contribution in [2.45, 2.75) is 24.8 Å². The Hall–Kier alpha value is -4.71. The van der Waals surface area contributed by atoms with Crippen LogP contribution in [0, 0.1) is 0 Å². The molecule has 0 aromatic heterocycles. The van der Waals surface area contributed by atoms with E-state index in [0.29, 0.717) is 30.3 Å². The number of nitrogens with one attached hydrogen (secondary N) is 2.